The summed E-state index contributed by atoms with van der Waals surface area (Å²) in [6, 6.07) is 8.10. The van der Waals surface area contributed by atoms with E-state index in [0.29, 0.717) is 0 Å². The van der Waals surface area contributed by atoms with Gasteiger partial charge in [-0.15, -0.1) is 0 Å². The maximum Gasteiger partial charge on any atom is 0.155 e. The van der Waals surface area contributed by atoms with Crippen LogP contribution in [0.5, 0.6) is 0 Å². The molecule has 0 radical (unpaired) electrons. The number of hydrogen-bond acceptors (Lipinski definition) is 2. The van der Waals surface area contributed by atoms with Crippen LogP contribution in [-0.4, -0.2) is 18.0 Å². The number of carbonyl (C=O) groups is 1. The van der Waals surface area contributed by atoms with Gasteiger partial charge in [-0.3, -0.25) is 4.79 Å². The molecule has 0 aromatic heterocycles. The summed E-state index contributed by atoms with van der Waals surface area (Å²) in [6.07, 6.45) is 11.7. The average Bonchev–Trinajstić information content (AvgIpc) is 2.48. The molecule has 1 fully saturated rings. The monoisotopic (exact) mass is 264 g/mol. The molecule has 0 amide bonds. The van der Waals surface area contributed by atoms with Crippen molar-refractivity contribution < 1.29 is 9.53 Å². The minimum absolute atomic E-state index is 0.147. The van der Waals surface area contributed by atoms with Gasteiger partial charge < -0.3 is 4.74 Å². The lowest BCUT2D eigenvalue weighted by molar-refractivity contribution is -0.149. The molecule has 0 saturated carbocycles. The number of carbonyl (C=O) groups excluding carboxylic acids is 1. The van der Waals surface area contributed by atoms with Crippen LogP contribution in [0, 0.1) is 5.41 Å². The maximum atomic E-state index is 13.1. The summed E-state index contributed by atoms with van der Waals surface area (Å²) in [6.45, 7) is 1.98. The summed E-state index contributed by atoms with van der Waals surface area (Å²) in [5, 5.41) is 0. The van der Waals surface area contributed by atoms with E-state index in [9.17, 15) is 4.79 Å². The van der Waals surface area contributed by atoms with Gasteiger partial charge in [0.25, 0.3) is 0 Å². The summed E-state index contributed by atoms with van der Waals surface area (Å²) < 4.78 is 6.18. The summed E-state index contributed by atoms with van der Waals surface area (Å²) in [5.74, 6) is 0.0738. The van der Waals surface area contributed by atoms with Crippen molar-refractivity contribution in [3.63, 3.8) is 0 Å². The van der Waals surface area contributed by atoms with E-state index in [1.807, 2.05) is 55.5 Å². The van der Waals surface area contributed by atoms with Gasteiger partial charge in [0.15, 0.2) is 5.78 Å². The van der Waals surface area contributed by atoms with E-state index in [4.69, 9.17) is 4.74 Å². The molecule has 4 atom stereocenters. The summed E-state index contributed by atoms with van der Waals surface area (Å²) in [7, 11) is 0. The molecule has 0 N–H and O–H groups in total. The Kier molecular flexibility index (Phi) is 2.39. The Balaban J connectivity index is 1.85. The molecule has 20 heavy (non-hydrogen) atoms. The number of fused-ring (bicyclic) bond motifs is 4. The molecule has 1 heterocycles. The molecule has 1 aromatic rings. The Bertz CT molecular complexity index is 668. The molecule has 0 spiro atoms. The molecule has 2 nitrogen and oxygen atoms in total. The molecule has 1 saturated heterocycles. The molecule has 1 aliphatic heterocycles. The van der Waals surface area contributed by atoms with Gasteiger partial charge in [-0.2, -0.15) is 0 Å². The normalized spacial score (nSPS) is 37.2. The first-order valence-corrected chi connectivity index (χ1v) is 7.03. The Morgan fingerprint density at radius 3 is 2.90 bits per heavy atom. The van der Waals surface area contributed by atoms with E-state index in [0.717, 1.165) is 11.1 Å². The van der Waals surface area contributed by atoms with Crippen LogP contribution >= 0.6 is 0 Å². The molecule has 3 aliphatic rings. The van der Waals surface area contributed by atoms with Gasteiger partial charge in [0.05, 0.1) is 23.5 Å². The summed E-state index contributed by atoms with van der Waals surface area (Å²) in [4.78, 5) is 13.1. The standard InChI is InChI=1S/C18H16O2/c1-18-11-5-4-8-15(18)20-14-10-9-12-6-2-3-7-13(12)16(14)17(18)19/h2-11,14-16H,1H3. The van der Waals surface area contributed by atoms with Crippen molar-refractivity contribution in [3.05, 3.63) is 65.8 Å². The number of hydrogen-bond donors (Lipinski definition) is 0. The Morgan fingerprint density at radius 2 is 2.00 bits per heavy atom. The minimum atomic E-state index is -0.547. The first kappa shape index (κ1) is 11.9. The fourth-order valence-corrected chi connectivity index (χ4v) is 3.48. The van der Waals surface area contributed by atoms with Gasteiger partial charge in [0, 0.05) is 0 Å². The summed E-state index contributed by atoms with van der Waals surface area (Å²) in [5.41, 5.74) is 1.67. The zero-order valence-corrected chi connectivity index (χ0v) is 11.3. The van der Waals surface area contributed by atoms with Crippen molar-refractivity contribution in [2.24, 2.45) is 5.41 Å². The smallest absolute Gasteiger partial charge is 0.155 e. The molecule has 100 valence electrons. The maximum absolute atomic E-state index is 13.1. The highest BCUT2D eigenvalue weighted by Crippen LogP contribution is 2.46. The third-order valence-corrected chi connectivity index (χ3v) is 4.67. The van der Waals surface area contributed by atoms with Crippen LogP contribution in [0.1, 0.15) is 24.0 Å². The number of ketones is 1. The highest BCUT2D eigenvalue weighted by molar-refractivity contribution is 5.96. The van der Waals surface area contributed by atoms with Crippen molar-refractivity contribution in [2.75, 3.05) is 0 Å². The number of ether oxygens (including phenoxy) is 1. The van der Waals surface area contributed by atoms with Gasteiger partial charge >= 0.3 is 0 Å². The second-order valence-electron chi connectivity index (χ2n) is 5.88. The lowest BCUT2D eigenvalue weighted by Crippen LogP contribution is -2.52. The number of allylic oxidation sites excluding steroid dienone is 2. The van der Waals surface area contributed by atoms with Crippen LogP contribution < -0.4 is 0 Å². The van der Waals surface area contributed by atoms with Gasteiger partial charge in [-0.1, -0.05) is 60.7 Å². The highest BCUT2D eigenvalue weighted by Gasteiger charge is 2.51. The van der Waals surface area contributed by atoms with Crippen LogP contribution in [0.3, 0.4) is 0 Å². The molecule has 4 rings (SSSR count). The van der Waals surface area contributed by atoms with Crippen LogP contribution in [0.4, 0.5) is 0 Å². The summed E-state index contributed by atoms with van der Waals surface area (Å²) >= 11 is 0. The minimum Gasteiger partial charge on any atom is -0.364 e. The van der Waals surface area contributed by atoms with E-state index in [-0.39, 0.29) is 23.9 Å². The van der Waals surface area contributed by atoms with Crippen molar-refractivity contribution in [3.8, 4) is 0 Å². The van der Waals surface area contributed by atoms with Crippen molar-refractivity contribution in [2.45, 2.75) is 25.0 Å². The highest BCUT2D eigenvalue weighted by atomic mass is 16.5. The SMILES string of the molecule is CC12C=CC=CC1OC1C=Cc3ccccc3C1C2=O. The van der Waals surface area contributed by atoms with E-state index in [2.05, 4.69) is 12.1 Å². The number of benzene rings is 1. The predicted octanol–water partition coefficient (Wildman–Crippen LogP) is 3.27. The van der Waals surface area contributed by atoms with Gasteiger partial charge in [-0.05, 0) is 18.1 Å². The average molecular weight is 264 g/mol. The zero-order valence-electron chi connectivity index (χ0n) is 11.3. The number of rotatable bonds is 0. The quantitative estimate of drug-likeness (QED) is 0.719. The largest absolute Gasteiger partial charge is 0.364 e. The first-order chi connectivity index (χ1) is 9.70. The van der Waals surface area contributed by atoms with Crippen molar-refractivity contribution in [1.82, 2.24) is 0 Å². The fourth-order valence-electron chi connectivity index (χ4n) is 3.48. The van der Waals surface area contributed by atoms with Gasteiger partial charge in [-0.25, -0.2) is 0 Å². The molecule has 1 aromatic carbocycles. The lowest BCUT2D eigenvalue weighted by Gasteiger charge is -2.46. The molecular formula is C18H16O2. The van der Waals surface area contributed by atoms with Crippen LogP contribution in [0.15, 0.2) is 54.6 Å². The van der Waals surface area contributed by atoms with E-state index in [1.54, 1.807) is 0 Å². The Labute approximate surface area is 118 Å². The lowest BCUT2D eigenvalue weighted by atomic mass is 9.66. The van der Waals surface area contributed by atoms with Gasteiger partial charge in [0.2, 0.25) is 0 Å². The second-order valence-corrected chi connectivity index (χ2v) is 5.88. The van der Waals surface area contributed by atoms with Crippen LogP contribution in [0.2, 0.25) is 0 Å². The van der Waals surface area contributed by atoms with E-state index >= 15 is 0 Å². The predicted molar refractivity (Wildman–Crippen MR) is 78.3 cm³/mol. The molecule has 2 aliphatic carbocycles. The first-order valence-electron chi connectivity index (χ1n) is 7.03. The third-order valence-electron chi connectivity index (χ3n) is 4.67. The topological polar surface area (TPSA) is 26.3 Å². The molecule has 2 heteroatoms. The van der Waals surface area contributed by atoms with E-state index in [1.165, 1.54) is 0 Å². The molecule has 0 bridgehead atoms. The van der Waals surface area contributed by atoms with Crippen molar-refractivity contribution >= 4 is 11.9 Å². The second kappa shape index (κ2) is 4.03. The third kappa shape index (κ3) is 1.46. The molecular weight excluding hydrogens is 248 g/mol. The number of Topliss-reactive ketones (excluding diaryl/α,β-unsaturated/α-hetero) is 1. The van der Waals surface area contributed by atoms with Crippen LogP contribution in [0.25, 0.3) is 6.08 Å². The fraction of sp³-hybridized carbons (Fsp3) is 0.278. The van der Waals surface area contributed by atoms with Crippen LogP contribution in [-0.2, 0) is 9.53 Å². The Hall–Kier alpha value is -1.93. The molecule has 4 unspecified atom stereocenters. The van der Waals surface area contributed by atoms with Gasteiger partial charge in [0.1, 0.15) is 0 Å². The van der Waals surface area contributed by atoms with E-state index < -0.39 is 5.41 Å². The van der Waals surface area contributed by atoms with Crippen molar-refractivity contribution in [1.29, 1.82) is 0 Å². The zero-order chi connectivity index (χ0) is 13.7. The Morgan fingerprint density at radius 1 is 1.15 bits per heavy atom.